The first-order chi connectivity index (χ1) is 12.7. The van der Waals surface area contributed by atoms with E-state index in [0.29, 0.717) is 24.5 Å². The number of aliphatic imine (C=N–C) groups is 1. The van der Waals surface area contributed by atoms with Gasteiger partial charge in [-0.25, -0.2) is 9.61 Å². The molecule has 8 nitrogen and oxygen atoms in total. The van der Waals surface area contributed by atoms with Crippen LogP contribution in [0.5, 0.6) is 5.75 Å². The molecule has 26 heavy (non-hydrogen) atoms. The summed E-state index contributed by atoms with van der Waals surface area (Å²) in [6.45, 7) is 2.74. The maximum Gasteiger partial charge on any atom is 0.199 e. The molecular formula is C17H16N6O2S. The molecule has 0 bridgehead atoms. The molecule has 0 fully saturated rings. The lowest BCUT2D eigenvalue weighted by molar-refractivity contribution is 0.310. The quantitative estimate of drug-likeness (QED) is 0.727. The Bertz CT molecular complexity index is 1000. The average Bonchev–Trinajstić information content (AvgIpc) is 3.14. The minimum absolute atomic E-state index is 0.214. The Kier molecular flexibility index (Phi) is 4.21. The Morgan fingerprint density at radius 1 is 1.27 bits per heavy atom. The average molecular weight is 368 g/mol. The summed E-state index contributed by atoms with van der Waals surface area (Å²) < 4.78 is 6.77. The van der Waals surface area contributed by atoms with Gasteiger partial charge in [-0.1, -0.05) is 11.8 Å². The zero-order chi connectivity index (χ0) is 18.1. The summed E-state index contributed by atoms with van der Waals surface area (Å²) in [6, 6.07) is 7.09. The van der Waals surface area contributed by atoms with E-state index < -0.39 is 0 Å². The molecule has 0 saturated heterocycles. The van der Waals surface area contributed by atoms with Crippen molar-refractivity contribution in [1.29, 1.82) is 0 Å². The van der Waals surface area contributed by atoms with Crippen molar-refractivity contribution < 1.29 is 9.74 Å². The summed E-state index contributed by atoms with van der Waals surface area (Å²) in [5.74, 6) is 1.08. The van der Waals surface area contributed by atoms with E-state index in [1.165, 1.54) is 0 Å². The van der Waals surface area contributed by atoms with Crippen LogP contribution in [0.3, 0.4) is 0 Å². The van der Waals surface area contributed by atoms with Gasteiger partial charge in [-0.3, -0.25) is 4.99 Å². The summed E-state index contributed by atoms with van der Waals surface area (Å²) >= 11 is 1.60. The van der Waals surface area contributed by atoms with Crippen LogP contribution in [0.1, 0.15) is 18.3 Å². The lowest BCUT2D eigenvalue weighted by Gasteiger charge is -2.10. The number of anilines is 1. The minimum Gasteiger partial charge on any atom is -0.508 e. The molecule has 132 valence electrons. The van der Waals surface area contributed by atoms with Crippen molar-refractivity contribution in [2.45, 2.75) is 24.8 Å². The van der Waals surface area contributed by atoms with Gasteiger partial charge in [0, 0.05) is 29.0 Å². The molecule has 0 spiro atoms. The van der Waals surface area contributed by atoms with Crippen molar-refractivity contribution in [2.75, 3.05) is 5.73 Å². The van der Waals surface area contributed by atoms with E-state index >= 15 is 0 Å². The minimum atomic E-state index is 0.214. The number of benzene rings is 1. The predicted octanol–water partition coefficient (Wildman–Crippen LogP) is 2.85. The molecule has 1 aliphatic rings. The van der Waals surface area contributed by atoms with Crippen LogP contribution in [0.4, 0.5) is 5.82 Å². The Morgan fingerprint density at radius 3 is 2.77 bits per heavy atom. The number of rotatable bonds is 4. The molecule has 2 aromatic heterocycles. The largest absolute Gasteiger partial charge is 0.508 e. The number of phenolic OH excluding ortho intramolecular Hbond substituents is 1. The van der Waals surface area contributed by atoms with E-state index in [9.17, 15) is 5.11 Å². The lowest BCUT2D eigenvalue weighted by Crippen LogP contribution is -2.05. The molecule has 4 rings (SSSR count). The molecule has 1 aromatic carbocycles. The highest BCUT2D eigenvalue weighted by atomic mass is 32.2. The van der Waals surface area contributed by atoms with Crippen molar-refractivity contribution in [3.05, 3.63) is 46.8 Å². The fraction of sp³-hybridized carbons (Fsp3) is 0.176. The van der Waals surface area contributed by atoms with E-state index in [1.54, 1.807) is 30.1 Å². The van der Waals surface area contributed by atoms with Gasteiger partial charge in [0.05, 0.1) is 11.9 Å². The van der Waals surface area contributed by atoms with Gasteiger partial charge < -0.3 is 15.4 Å². The van der Waals surface area contributed by atoms with Gasteiger partial charge in [0.1, 0.15) is 11.4 Å². The van der Waals surface area contributed by atoms with E-state index in [4.69, 9.17) is 10.4 Å². The van der Waals surface area contributed by atoms with E-state index in [2.05, 4.69) is 20.3 Å². The number of aromatic nitrogens is 4. The van der Waals surface area contributed by atoms with Crippen LogP contribution in [0.15, 0.2) is 49.9 Å². The molecule has 3 aromatic rings. The van der Waals surface area contributed by atoms with Gasteiger partial charge in [-0.15, -0.1) is 0 Å². The van der Waals surface area contributed by atoms with Gasteiger partial charge >= 0.3 is 0 Å². The SMILES string of the molecule is CCn1c(-c2nonc2N)nc2c1CC(Sc1ccc(O)cc1)=CN=C2. The molecule has 1 aliphatic heterocycles. The topological polar surface area (TPSA) is 115 Å². The number of allylic oxidation sites excluding steroid dienone is 1. The highest BCUT2D eigenvalue weighted by molar-refractivity contribution is 8.03. The third kappa shape index (κ3) is 2.97. The second-order valence-corrected chi connectivity index (χ2v) is 6.86. The van der Waals surface area contributed by atoms with Crippen molar-refractivity contribution in [3.8, 4) is 17.3 Å². The molecule has 0 atom stereocenters. The van der Waals surface area contributed by atoms with Crippen LogP contribution in [0.2, 0.25) is 0 Å². The van der Waals surface area contributed by atoms with Gasteiger partial charge in [0.25, 0.3) is 0 Å². The number of imidazole rings is 1. The Balaban J connectivity index is 1.68. The number of aromatic hydroxyl groups is 1. The summed E-state index contributed by atoms with van der Waals surface area (Å²) in [7, 11) is 0. The number of nitrogen functional groups attached to an aromatic ring is 1. The monoisotopic (exact) mass is 368 g/mol. The Morgan fingerprint density at radius 2 is 2.08 bits per heavy atom. The second-order valence-electron chi connectivity index (χ2n) is 5.66. The number of phenols is 1. The summed E-state index contributed by atoms with van der Waals surface area (Å²) in [4.78, 5) is 11.1. The van der Waals surface area contributed by atoms with Crippen molar-refractivity contribution >= 4 is 23.8 Å². The number of fused-ring (bicyclic) bond motifs is 1. The number of thioether (sulfide) groups is 1. The van der Waals surface area contributed by atoms with Crippen LogP contribution in [-0.2, 0) is 13.0 Å². The molecule has 0 aliphatic carbocycles. The maximum atomic E-state index is 9.43. The van der Waals surface area contributed by atoms with Gasteiger partial charge in [-0.05, 0) is 41.5 Å². The fourth-order valence-electron chi connectivity index (χ4n) is 2.80. The molecule has 0 amide bonds. The highest BCUT2D eigenvalue weighted by Gasteiger charge is 2.23. The summed E-state index contributed by atoms with van der Waals surface area (Å²) in [5, 5.41) is 16.9. The molecule has 3 N–H and O–H groups in total. The van der Waals surface area contributed by atoms with E-state index in [0.717, 1.165) is 21.2 Å². The van der Waals surface area contributed by atoms with Crippen molar-refractivity contribution in [2.24, 2.45) is 4.99 Å². The van der Waals surface area contributed by atoms with E-state index in [1.807, 2.05) is 29.8 Å². The lowest BCUT2D eigenvalue weighted by atomic mass is 10.2. The molecule has 9 heteroatoms. The third-order valence-corrected chi connectivity index (χ3v) is 5.01. The van der Waals surface area contributed by atoms with Crippen LogP contribution in [-0.4, -0.2) is 31.2 Å². The maximum absolute atomic E-state index is 9.43. The highest BCUT2D eigenvalue weighted by Crippen LogP contribution is 2.33. The van der Waals surface area contributed by atoms with Crippen molar-refractivity contribution in [3.63, 3.8) is 0 Å². The molecule has 0 radical (unpaired) electrons. The van der Waals surface area contributed by atoms with Crippen molar-refractivity contribution in [1.82, 2.24) is 19.9 Å². The van der Waals surface area contributed by atoms with Crippen LogP contribution in [0, 0.1) is 0 Å². The first kappa shape index (κ1) is 16.4. The molecular weight excluding hydrogens is 352 g/mol. The van der Waals surface area contributed by atoms with Gasteiger partial charge in [0.2, 0.25) is 0 Å². The predicted molar refractivity (Wildman–Crippen MR) is 99.0 cm³/mol. The number of nitrogens with two attached hydrogens (primary N) is 1. The first-order valence-electron chi connectivity index (χ1n) is 8.02. The number of hydrogen-bond donors (Lipinski definition) is 2. The van der Waals surface area contributed by atoms with Gasteiger partial charge in [0.15, 0.2) is 17.3 Å². The summed E-state index contributed by atoms with van der Waals surface area (Å²) in [5.41, 5.74) is 8.08. The second kappa shape index (κ2) is 6.68. The fourth-order valence-corrected chi connectivity index (χ4v) is 3.69. The van der Waals surface area contributed by atoms with Crippen LogP contribution in [0.25, 0.3) is 11.5 Å². The van der Waals surface area contributed by atoms with Crippen LogP contribution < -0.4 is 5.73 Å². The molecule has 0 unspecified atom stereocenters. The molecule has 0 saturated carbocycles. The zero-order valence-corrected chi connectivity index (χ0v) is 14.8. The third-order valence-electron chi connectivity index (χ3n) is 3.99. The first-order valence-corrected chi connectivity index (χ1v) is 8.84. The number of hydrogen-bond acceptors (Lipinski definition) is 8. The number of nitrogens with zero attached hydrogens (tertiary/aromatic N) is 5. The standard InChI is InChI=1S/C17H16N6O2S/c1-2-23-14-7-12(26-11-5-3-10(24)4-6-11)8-19-9-13(14)20-17(23)15-16(18)22-25-21-15/h3-6,8-9,24H,2,7H2,1H3,(H2,18,22). The van der Waals surface area contributed by atoms with Gasteiger partial charge in [-0.2, -0.15) is 0 Å². The normalized spacial score (nSPS) is 13.3. The van der Waals surface area contributed by atoms with Crippen LogP contribution >= 0.6 is 11.8 Å². The zero-order valence-electron chi connectivity index (χ0n) is 14.0. The summed E-state index contributed by atoms with van der Waals surface area (Å²) in [6.07, 6.45) is 4.25. The van der Waals surface area contributed by atoms with E-state index in [-0.39, 0.29) is 11.6 Å². The Labute approximate surface area is 153 Å². The Hall–Kier alpha value is -3.07. The smallest absolute Gasteiger partial charge is 0.199 e. The molecule has 3 heterocycles.